The lowest BCUT2D eigenvalue weighted by Gasteiger charge is -2.02. The maximum Gasteiger partial charge on any atom is 0.240 e. The fraction of sp³-hybridized carbons (Fsp3) is 0.111. The third-order valence-electron chi connectivity index (χ3n) is 1.89. The molecule has 0 aliphatic carbocycles. The molecule has 0 bridgehead atoms. The van der Waals surface area contributed by atoms with E-state index in [0.717, 1.165) is 0 Å². The van der Waals surface area contributed by atoms with Crippen LogP contribution in [0.1, 0.15) is 5.56 Å². The molecule has 2 N–H and O–H groups in total. The predicted molar refractivity (Wildman–Crippen MR) is 70.4 cm³/mol. The summed E-state index contributed by atoms with van der Waals surface area (Å²) < 4.78 is 3.59. The molecule has 0 saturated carbocycles. The molecular weight excluding hydrogens is 371 g/mol. The van der Waals surface area contributed by atoms with Gasteiger partial charge in [-0.05, 0) is 56.2 Å². The van der Waals surface area contributed by atoms with Crippen LogP contribution in [0.3, 0.4) is 0 Å². The van der Waals surface area contributed by atoms with Gasteiger partial charge in [-0.15, -0.1) is 5.10 Å². The van der Waals surface area contributed by atoms with Crippen LogP contribution in [-0.2, 0) is 6.54 Å². The molecule has 1 heterocycles. The molecule has 0 spiro atoms. The molecule has 15 heavy (non-hydrogen) atoms. The number of hydrogen-bond acceptors (Lipinski definition) is 3. The van der Waals surface area contributed by atoms with Crippen molar-refractivity contribution in [2.24, 2.45) is 0 Å². The van der Waals surface area contributed by atoms with Gasteiger partial charge in [0.2, 0.25) is 5.95 Å². The molecule has 2 rings (SSSR count). The van der Waals surface area contributed by atoms with E-state index in [1.54, 1.807) is 4.68 Å². The first-order valence-corrected chi connectivity index (χ1v) is 6.12. The van der Waals surface area contributed by atoms with Gasteiger partial charge in [0, 0.05) is 3.57 Å². The Hall–Kier alpha value is -0.630. The van der Waals surface area contributed by atoms with Crippen LogP contribution in [0, 0.1) is 3.57 Å². The highest BCUT2D eigenvalue weighted by atomic mass is 127. The third-order valence-corrected chi connectivity index (χ3v) is 3.19. The lowest BCUT2D eigenvalue weighted by molar-refractivity contribution is 0.670. The molecule has 4 nitrogen and oxygen atoms in total. The van der Waals surface area contributed by atoms with E-state index < -0.39 is 0 Å². The Balaban J connectivity index is 2.21. The fourth-order valence-corrected chi connectivity index (χ4v) is 1.95. The summed E-state index contributed by atoms with van der Waals surface area (Å²) in [6.45, 7) is 0.668. The Morgan fingerprint density at radius 1 is 1.33 bits per heavy atom. The summed E-state index contributed by atoms with van der Waals surface area (Å²) in [6, 6.07) is 8.24. The summed E-state index contributed by atoms with van der Waals surface area (Å²) in [5.41, 5.74) is 6.65. The summed E-state index contributed by atoms with van der Waals surface area (Å²) in [5, 5.41) is 4.06. The van der Waals surface area contributed by atoms with Crippen molar-refractivity contribution in [1.29, 1.82) is 0 Å². The molecular formula is C9H8BrIN4. The Morgan fingerprint density at radius 2 is 2.00 bits per heavy atom. The van der Waals surface area contributed by atoms with Crippen LogP contribution in [0.4, 0.5) is 5.95 Å². The Morgan fingerprint density at radius 3 is 2.53 bits per heavy atom. The lowest BCUT2D eigenvalue weighted by atomic mass is 10.2. The van der Waals surface area contributed by atoms with Gasteiger partial charge < -0.3 is 5.73 Å². The molecule has 0 amide bonds. The SMILES string of the molecule is Nc1nc(Br)n(Cc2ccc(I)cc2)n1. The second-order valence-corrected chi connectivity index (χ2v) is 4.98. The van der Waals surface area contributed by atoms with Crippen LogP contribution in [0.5, 0.6) is 0 Å². The van der Waals surface area contributed by atoms with Gasteiger partial charge in [0.1, 0.15) is 0 Å². The number of aromatic nitrogens is 3. The number of halogens is 2. The van der Waals surface area contributed by atoms with Crippen LogP contribution in [0.2, 0.25) is 0 Å². The van der Waals surface area contributed by atoms with Crippen molar-refractivity contribution >= 4 is 44.5 Å². The predicted octanol–water partition coefficient (Wildman–Crippen LogP) is 2.28. The van der Waals surface area contributed by atoms with Gasteiger partial charge in [-0.1, -0.05) is 12.1 Å². The van der Waals surface area contributed by atoms with Crippen LogP contribution in [-0.4, -0.2) is 14.8 Å². The van der Waals surface area contributed by atoms with E-state index >= 15 is 0 Å². The van der Waals surface area contributed by atoms with Crippen LogP contribution in [0.25, 0.3) is 0 Å². The van der Waals surface area contributed by atoms with Crippen molar-refractivity contribution in [2.45, 2.75) is 6.54 Å². The highest BCUT2D eigenvalue weighted by molar-refractivity contribution is 14.1. The van der Waals surface area contributed by atoms with Crippen molar-refractivity contribution < 1.29 is 0 Å². The molecule has 78 valence electrons. The Bertz CT molecular complexity index is 465. The van der Waals surface area contributed by atoms with E-state index in [1.807, 2.05) is 0 Å². The zero-order chi connectivity index (χ0) is 10.8. The van der Waals surface area contributed by atoms with E-state index in [2.05, 4.69) is 72.9 Å². The van der Waals surface area contributed by atoms with E-state index in [-0.39, 0.29) is 5.95 Å². The number of anilines is 1. The molecule has 0 saturated heterocycles. The number of nitrogen functional groups attached to an aromatic ring is 1. The van der Waals surface area contributed by atoms with Crippen molar-refractivity contribution in [3.05, 3.63) is 38.1 Å². The van der Waals surface area contributed by atoms with Crippen molar-refractivity contribution in [1.82, 2.24) is 14.8 Å². The van der Waals surface area contributed by atoms with E-state index in [0.29, 0.717) is 11.3 Å². The molecule has 2 aromatic rings. The summed E-state index contributed by atoms with van der Waals surface area (Å²) >= 11 is 5.57. The Labute approximate surface area is 109 Å². The van der Waals surface area contributed by atoms with Crippen molar-refractivity contribution in [2.75, 3.05) is 5.73 Å². The standard InChI is InChI=1S/C9H8BrIN4/c10-8-13-9(12)14-15(8)5-6-1-3-7(11)4-2-6/h1-4H,5H2,(H2,12,14). The molecule has 6 heteroatoms. The van der Waals surface area contributed by atoms with Gasteiger partial charge in [0.15, 0.2) is 4.73 Å². The summed E-state index contributed by atoms with van der Waals surface area (Å²) in [7, 11) is 0. The quantitative estimate of drug-likeness (QED) is 0.815. The van der Waals surface area contributed by atoms with Crippen molar-refractivity contribution in [3.8, 4) is 0 Å². The molecule has 0 fully saturated rings. The number of nitrogens with zero attached hydrogens (tertiary/aromatic N) is 3. The second-order valence-electron chi connectivity index (χ2n) is 3.02. The van der Waals surface area contributed by atoms with Gasteiger partial charge in [-0.3, -0.25) is 0 Å². The minimum absolute atomic E-state index is 0.285. The molecule has 0 atom stereocenters. The van der Waals surface area contributed by atoms with Crippen molar-refractivity contribution in [3.63, 3.8) is 0 Å². The number of nitrogens with two attached hydrogens (primary N) is 1. The first-order valence-electron chi connectivity index (χ1n) is 4.25. The zero-order valence-corrected chi connectivity index (χ0v) is 11.4. The molecule has 1 aromatic heterocycles. The Kier molecular flexibility index (Phi) is 3.25. The van der Waals surface area contributed by atoms with Gasteiger partial charge >= 0.3 is 0 Å². The minimum Gasteiger partial charge on any atom is -0.366 e. The van der Waals surface area contributed by atoms with Gasteiger partial charge in [-0.25, -0.2) is 4.68 Å². The molecule has 0 aliphatic heterocycles. The summed E-state index contributed by atoms with van der Waals surface area (Å²) in [6.07, 6.45) is 0. The normalized spacial score (nSPS) is 10.5. The van der Waals surface area contributed by atoms with Crippen LogP contribution >= 0.6 is 38.5 Å². The highest BCUT2D eigenvalue weighted by Gasteiger charge is 2.04. The summed E-state index contributed by atoms with van der Waals surface area (Å²) in [5.74, 6) is 0.285. The number of benzene rings is 1. The summed E-state index contributed by atoms with van der Waals surface area (Å²) in [4.78, 5) is 3.97. The topological polar surface area (TPSA) is 56.7 Å². The average molecular weight is 379 g/mol. The molecule has 0 radical (unpaired) electrons. The first kappa shape index (κ1) is 10.9. The third kappa shape index (κ3) is 2.69. The van der Waals surface area contributed by atoms with Gasteiger partial charge in [0.05, 0.1) is 6.54 Å². The smallest absolute Gasteiger partial charge is 0.240 e. The van der Waals surface area contributed by atoms with E-state index in [9.17, 15) is 0 Å². The monoisotopic (exact) mass is 378 g/mol. The maximum atomic E-state index is 5.48. The number of rotatable bonds is 2. The zero-order valence-electron chi connectivity index (χ0n) is 7.69. The molecule has 0 unspecified atom stereocenters. The molecule has 0 aliphatic rings. The van der Waals surface area contributed by atoms with Gasteiger partial charge in [0.25, 0.3) is 0 Å². The minimum atomic E-state index is 0.285. The first-order chi connectivity index (χ1) is 7.15. The highest BCUT2D eigenvalue weighted by Crippen LogP contribution is 2.12. The van der Waals surface area contributed by atoms with E-state index in [4.69, 9.17) is 5.73 Å². The molecule has 1 aromatic carbocycles. The van der Waals surface area contributed by atoms with E-state index in [1.165, 1.54) is 9.13 Å². The fourth-order valence-electron chi connectivity index (χ4n) is 1.20. The lowest BCUT2D eigenvalue weighted by Crippen LogP contribution is -2.02. The number of hydrogen-bond donors (Lipinski definition) is 1. The largest absolute Gasteiger partial charge is 0.366 e. The average Bonchev–Trinajstić information content (AvgIpc) is 2.49. The van der Waals surface area contributed by atoms with Crippen LogP contribution < -0.4 is 5.73 Å². The maximum absolute atomic E-state index is 5.48. The van der Waals surface area contributed by atoms with Gasteiger partial charge in [-0.2, -0.15) is 4.98 Å². The second kappa shape index (κ2) is 4.48. The van der Waals surface area contributed by atoms with Crippen LogP contribution in [0.15, 0.2) is 29.0 Å².